The molecule has 132 valence electrons. The first-order chi connectivity index (χ1) is 12.5. The van der Waals surface area contributed by atoms with Gasteiger partial charge in [0.1, 0.15) is 5.65 Å². The summed E-state index contributed by atoms with van der Waals surface area (Å²) in [6.07, 6.45) is 7.93. The molecule has 0 atom stereocenters. The molecule has 4 nitrogen and oxygen atoms in total. The van der Waals surface area contributed by atoms with Gasteiger partial charge in [-0.25, -0.2) is 9.97 Å². The summed E-state index contributed by atoms with van der Waals surface area (Å²) in [4.78, 5) is 10.2. The topological polar surface area (TPSA) is 42.2 Å². The Bertz CT molecular complexity index is 1070. The average molecular weight is 363 g/mol. The van der Waals surface area contributed by atoms with Gasteiger partial charge < -0.3 is 9.72 Å². The maximum Gasteiger partial charge on any atom is 0.183 e. The normalized spacial score (nSPS) is 11.4. The second-order valence-corrected chi connectivity index (χ2v) is 7.91. The van der Waals surface area contributed by atoms with E-state index in [0.29, 0.717) is 6.04 Å². The molecular weight excluding hydrogens is 340 g/mol. The summed E-state index contributed by atoms with van der Waals surface area (Å²) < 4.78 is 2.10. The standard InChI is InChI=1S/C21H22N4S/c1-13(2)24-21-23-11-19(26-21)16-10-18(20-22-8-9-25(20)12-16)17-7-5-6-14(3)15(17)4/h5-13H,1-4H3,(H,23,24). The van der Waals surface area contributed by atoms with Crippen LogP contribution < -0.4 is 5.32 Å². The van der Waals surface area contributed by atoms with Gasteiger partial charge in [-0.05, 0) is 50.5 Å². The first-order valence-corrected chi connectivity index (χ1v) is 9.60. The van der Waals surface area contributed by atoms with E-state index in [2.05, 4.69) is 77.8 Å². The van der Waals surface area contributed by atoms with Crippen LogP contribution in [0.25, 0.3) is 27.2 Å². The van der Waals surface area contributed by atoms with Crippen LogP contribution in [-0.4, -0.2) is 20.4 Å². The Kier molecular flexibility index (Phi) is 4.24. The number of aryl methyl sites for hydroxylation is 1. The van der Waals surface area contributed by atoms with Crippen molar-refractivity contribution in [3.63, 3.8) is 0 Å². The Labute approximate surface area is 157 Å². The number of nitrogens with zero attached hydrogens (tertiary/aromatic N) is 3. The number of fused-ring (bicyclic) bond motifs is 1. The zero-order valence-electron chi connectivity index (χ0n) is 15.4. The lowest BCUT2D eigenvalue weighted by Gasteiger charge is -2.12. The summed E-state index contributed by atoms with van der Waals surface area (Å²) in [5, 5.41) is 4.33. The Morgan fingerprint density at radius 2 is 1.96 bits per heavy atom. The third-order valence-electron chi connectivity index (χ3n) is 4.58. The first kappa shape index (κ1) is 16.8. The monoisotopic (exact) mass is 362 g/mol. The van der Waals surface area contributed by atoms with Gasteiger partial charge >= 0.3 is 0 Å². The molecule has 0 aliphatic heterocycles. The molecule has 0 fully saturated rings. The van der Waals surface area contributed by atoms with E-state index in [9.17, 15) is 0 Å². The van der Waals surface area contributed by atoms with Crippen molar-refractivity contribution < 1.29 is 0 Å². The van der Waals surface area contributed by atoms with Gasteiger partial charge in [0, 0.05) is 42.0 Å². The van der Waals surface area contributed by atoms with E-state index < -0.39 is 0 Å². The van der Waals surface area contributed by atoms with Gasteiger partial charge in [-0.3, -0.25) is 0 Å². The molecule has 0 amide bonds. The molecule has 0 spiro atoms. The number of anilines is 1. The SMILES string of the molecule is Cc1cccc(-c2cc(-c3cnc(NC(C)C)s3)cn3ccnc23)c1C. The zero-order chi connectivity index (χ0) is 18.3. The number of imidazole rings is 1. The largest absolute Gasteiger partial charge is 0.359 e. The second-order valence-electron chi connectivity index (χ2n) is 6.88. The quantitative estimate of drug-likeness (QED) is 0.517. The number of thiazole rings is 1. The number of benzene rings is 1. The minimum Gasteiger partial charge on any atom is -0.359 e. The van der Waals surface area contributed by atoms with Crippen molar-refractivity contribution >= 4 is 22.1 Å². The molecule has 0 unspecified atom stereocenters. The van der Waals surface area contributed by atoms with Crippen LogP contribution in [0, 0.1) is 13.8 Å². The van der Waals surface area contributed by atoms with Gasteiger partial charge in [-0.2, -0.15) is 0 Å². The maximum absolute atomic E-state index is 4.58. The highest BCUT2D eigenvalue weighted by molar-refractivity contribution is 7.18. The predicted molar refractivity (Wildman–Crippen MR) is 110 cm³/mol. The molecule has 0 aliphatic carbocycles. The van der Waals surface area contributed by atoms with Gasteiger partial charge in [0.25, 0.3) is 0 Å². The average Bonchev–Trinajstić information content (AvgIpc) is 3.25. The van der Waals surface area contributed by atoms with Crippen molar-refractivity contribution in [3.8, 4) is 21.6 Å². The minimum absolute atomic E-state index is 0.371. The summed E-state index contributed by atoms with van der Waals surface area (Å²) in [5.74, 6) is 0. The van der Waals surface area contributed by atoms with Crippen molar-refractivity contribution in [1.29, 1.82) is 0 Å². The fourth-order valence-electron chi connectivity index (χ4n) is 3.13. The molecule has 0 saturated carbocycles. The Hall–Kier alpha value is -2.66. The van der Waals surface area contributed by atoms with E-state index in [-0.39, 0.29) is 0 Å². The van der Waals surface area contributed by atoms with Crippen molar-refractivity contribution in [3.05, 3.63) is 60.2 Å². The molecule has 0 aliphatic rings. The molecule has 1 N–H and O–H groups in total. The highest BCUT2D eigenvalue weighted by atomic mass is 32.1. The minimum atomic E-state index is 0.371. The van der Waals surface area contributed by atoms with Crippen LogP contribution in [0.5, 0.6) is 0 Å². The molecule has 0 radical (unpaired) electrons. The highest BCUT2D eigenvalue weighted by Crippen LogP contribution is 2.35. The van der Waals surface area contributed by atoms with Crippen molar-refractivity contribution in [2.45, 2.75) is 33.7 Å². The lowest BCUT2D eigenvalue weighted by atomic mass is 9.97. The molecule has 3 heterocycles. The molecule has 4 aromatic rings. The van der Waals surface area contributed by atoms with Crippen molar-refractivity contribution in [2.75, 3.05) is 5.32 Å². The Morgan fingerprint density at radius 1 is 1.12 bits per heavy atom. The van der Waals surface area contributed by atoms with Crippen LogP contribution >= 0.6 is 11.3 Å². The highest BCUT2D eigenvalue weighted by Gasteiger charge is 2.13. The Morgan fingerprint density at radius 3 is 2.77 bits per heavy atom. The summed E-state index contributed by atoms with van der Waals surface area (Å²) >= 11 is 1.68. The van der Waals surface area contributed by atoms with E-state index in [0.717, 1.165) is 26.8 Å². The van der Waals surface area contributed by atoms with E-state index in [1.54, 1.807) is 11.3 Å². The second kappa shape index (κ2) is 6.57. The van der Waals surface area contributed by atoms with E-state index in [1.807, 2.05) is 18.6 Å². The maximum atomic E-state index is 4.58. The van der Waals surface area contributed by atoms with Crippen LogP contribution in [0.2, 0.25) is 0 Å². The van der Waals surface area contributed by atoms with Gasteiger partial charge in [-0.1, -0.05) is 29.5 Å². The summed E-state index contributed by atoms with van der Waals surface area (Å²) in [6, 6.07) is 9.04. The van der Waals surface area contributed by atoms with Crippen LogP contribution in [0.3, 0.4) is 0 Å². The third kappa shape index (κ3) is 2.99. The number of pyridine rings is 1. The fraction of sp³-hybridized carbons (Fsp3) is 0.238. The summed E-state index contributed by atoms with van der Waals surface area (Å²) in [5.41, 5.74) is 7.10. The number of nitrogens with one attached hydrogen (secondary N) is 1. The smallest absolute Gasteiger partial charge is 0.183 e. The summed E-state index contributed by atoms with van der Waals surface area (Å²) in [7, 11) is 0. The number of aromatic nitrogens is 3. The van der Waals surface area contributed by atoms with Crippen molar-refractivity contribution in [1.82, 2.24) is 14.4 Å². The van der Waals surface area contributed by atoms with Gasteiger partial charge in [0.2, 0.25) is 0 Å². The van der Waals surface area contributed by atoms with E-state index in [1.165, 1.54) is 16.7 Å². The first-order valence-electron chi connectivity index (χ1n) is 8.79. The number of hydrogen-bond donors (Lipinski definition) is 1. The molecular formula is C21H22N4S. The summed E-state index contributed by atoms with van der Waals surface area (Å²) in [6.45, 7) is 8.57. The Balaban J connectivity index is 1.88. The van der Waals surface area contributed by atoms with Crippen LogP contribution in [0.15, 0.2) is 49.1 Å². The molecule has 4 rings (SSSR count). The molecule has 1 aromatic carbocycles. The van der Waals surface area contributed by atoms with E-state index in [4.69, 9.17) is 0 Å². The number of hydrogen-bond acceptors (Lipinski definition) is 4. The van der Waals surface area contributed by atoms with E-state index >= 15 is 0 Å². The van der Waals surface area contributed by atoms with Crippen LogP contribution in [-0.2, 0) is 0 Å². The molecule has 0 saturated heterocycles. The van der Waals surface area contributed by atoms with Gasteiger partial charge in [0.15, 0.2) is 5.13 Å². The third-order valence-corrected chi connectivity index (χ3v) is 5.56. The molecule has 26 heavy (non-hydrogen) atoms. The predicted octanol–water partition coefficient (Wildman–Crippen LogP) is 5.56. The number of rotatable bonds is 4. The lowest BCUT2D eigenvalue weighted by molar-refractivity contribution is 0.896. The lowest BCUT2D eigenvalue weighted by Crippen LogP contribution is -2.08. The molecule has 5 heteroatoms. The molecule has 3 aromatic heterocycles. The van der Waals surface area contributed by atoms with Gasteiger partial charge in [-0.15, -0.1) is 0 Å². The van der Waals surface area contributed by atoms with Crippen LogP contribution in [0.1, 0.15) is 25.0 Å². The van der Waals surface area contributed by atoms with Crippen molar-refractivity contribution in [2.24, 2.45) is 0 Å². The van der Waals surface area contributed by atoms with Crippen LogP contribution in [0.4, 0.5) is 5.13 Å². The molecule has 0 bridgehead atoms. The zero-order valence-corrected chi connectivity index (χ0v) is 16.3. The fourth-order valence-corrected chi connectivity index (χ4v) is 4.07. The van der Waals surface area contributed by atoms with Gasteiger partial charge in [0.05, 0.1) is 4.88 Å².